The van der Waals surface area contributed by atoms with Gasteiger partial charge in [0.2, 0.25) is 11.8 Å². The van der Waals surface area contributed by atoms with Crippen LogP contribution >= 0.6 is 11.6 Å². The van der Waals surface area contributed by atoms with E-state index in [4.69, 9.17) is 16.3 Å². The van der Waals surface area contributed by atoms with Gasteiger partial charge in [0.15, 0.2) is 0 Å². The summed E-state index contributed by atoms with van der Waals surface area (Å²) in [5.74, 6) is -1.48. The molecule has 2 aromatic carbocycles. The standard InChI is InChI=1S/C29H31ClN2O5/c1-2-37-29(36)22-10-14-24(15-11-22)32-27(34)19-25(28(32)35)31(17-16-20-6-4-3-5-7-20)26(33)18-21-8-12-23(30)13-9-21/h6,8-15,25H,2-5,7,16-19H2,1H3. The van der Waals surface area contributed by atoms with Crippen LogP contribution in [0.15, 0.2) is 60.2 Å². The number of imide groups is 1. The number of allylic oxidation sites excluding steroid dienone is 1. The Hall–Kier alpha value is -3.45. The van der Waals surface area contributed by atoms with Crippen molar-refractivity contribution in [1.82, 2.24) is 4.90 Å². The Labute approximate surface area is 222 Å². The van der Waals surface area contributed by atoms with Crippen LogP contribution in [-0.2, 0) is 25.5 Å². The molecule has 0 bridgehead atoms. The van der Waals surface area contributed by atoms with Crippen LogP contribution in [0, 0.1) is 0 Å². The second kappa shape index (κ2) is 12.2. The fraction of sp³-hybridized carbons (Fsp3) is 0.379. The minimum Gasteiger partial charge on any atom is -0.462 e. The van der Waals surface area contributed by atoms with E-state index >= 15 is 0 Å². The van der Waals surface area contributed by atoms with Gasteiger partial charge >= 0.3 is 5.97 Å². The third-order valence-electron chi connectivity index (χ3n) is 6.78. The molecule has 0 aromatic heterocycles. The molecule has 4 rings (SSSR count). The van der Waals surface area contributed by atoms with Crippen molar-refractivity contribution in [3.05, 3.63) is 76.3 Å². The van der Waals surface area contributed by atoms with Crippen LogP contribution in [-0.4, -0.2) is 47.8 Å². The van der Waals surface area contributed by atoms with E-state index in [2.05, 4.69) is 6.08 Å². The minimum absolute atomic E-state index is 0.0795. The summed E-state index contributed by atoms with van der Waals surface area (Å²) in [5, 5.41) is 0.582. The third-order valence-corrected chi connectivity index (χ3v) is 7.04. The van der Waals surface area contributed by atoms with E-state index < -0.39 is 17.9 Å². The Morgan fingerprint density at radius 2 is 1.78 bits per heavy atom. The summed E-state index contributed by atoms with van der Waals surface area (Å²) in [6.07, 6.45) is 7.26. The highest BCUT2D eigenvalue weighted by atomic mass is 35.5. The molecule has 1 fully saturated rings. The van der Waals surface area contributed by atoms with Crippen molar-refractivity contribution >= 4 is 41.0 Å². The van der Waals surface area contributed by atoms with E-state index in [1.807, 2.05) is 0 Å². The highest BCUT2D eigenvalue weighted by molar-refractivity contribution is 6.30. The van der Waals surface area contributed by atoms with Gasteiger partial charge in [0.25, 0.3) is 5.91 Å². The number of anilines is 1. The molecule has 0 saturated carbocycles. The fourth-order valence-corrected chi connectivity index (χ4v) is 4.95. The number of nitrogens with zero attached hydrogens (tertiary/aromatic N) is 2. The van der Waals surface area contributed by atoms with E-state index in [-0.39, 0.29) is 31.3 Å². The molecule has 194 valence electrons. The van der Waals surface area contributed by atoms with Crippen LogP contribution in [0.1, 0.15) is 61.4 Å². The maximum absolute atomic E-state index is 13.5. The number of esters is 1. The molecule has 2 aliphatic rings. The van der Waals surface area contributed by atoms with Crippen molar-refractivity contribution in [2.24, 2.45) is 0 Å². The van der Waals surface area contributed by atoms with Crippen LogP contribution < -0.4 is 4.90 Å². The number of hydrogen-bond donors (Lipinski definition) is 0. The van der Waals surface area contributed by atoms with Crippen molar-refractivity contribution in [3.63, 3.8) is 0 Å². The van der Waals surface area contributed by atoms with Gasteiger partial charge in [0, 0.05) is 11.6 Å². The largest absolute Gasteiger partial charge is 0.462 e. The van der Waals surface area contributed by atoms with Crippen molar-refractivity contribution < 1.29 is 23.9 Å². The lowest BCUT2D eigenvalue weighted by Gasteiger charge is -2.29. The molecule has 1 heterocycles. The zero-order valence-corrected chi connectivity index (χ0v) is 21.7. The summed E-state index contributed by atoms with van der Waals surface area (Å²) in [4.78, 5) is 54.6. The quantitative estimate of drug-likeness (QED) is 0.259. The van der Waals surface area contributed by atoms with Gasteiger partial charge < -0.3 is 9.64 Å². The second-order valence-corrected chi connectivity index (χ2v) is 9.74. The number of carbonyl (C=O) groups is 4. The van der Waals surface area contributed by atoms with E-state index in [1.54, 1.807) is 48.2 Å². The van der Waals surface area contributed by atoms with Crippen molar-refractivity contribution in [1.29, 1.82) is 0 Å². The highest BCUT2D eigenvalue weighted by Crippen LogP contribution is 2.28. The summed E-state index contributed by atoms with van der Waals surface area (Å²) >= 11 is 5.99. The number of hydrogen-bond acceptors (Lipinski definition) is 5. The zero-order valence-electron chi connectivity index (χ0n) is 21.0. The molecule has 3 amide bonds. The normalized spacial score (nSPS) is 17.5. The summed E-state index contributed by atoms with van der Waals surface area (Å²) in [7, 11) is 0. The number of amides is 3. The number of rotatable bonds is 9. The molecular formula is C29H31ClN2O5. The molecule has 0 radical (unpaired) electrons. The van der Waals surface area contributed by atoms with Crippen LogP contribution in [0.4, 0.5) is 5.69 Å². The molecule has 37 heavy (non-hydrogen) atoms. The Morgan fingerprint density at radius 3 is 2.43 bits per heavy atom. The SMILES string of the molecule is CCOC(=O)c1ccc(N2C(=O)CC(N(CCC3=CCCCC3)C(=O)Cc3ccc(Cl)cc3)C2=O)cc1. The van der Waals surface area contributed by atoms with Crippen LogP contribution in [0.2, 0.25) is 5.02 Å². The molecule has 2 aromatic rings. The van der Waals surface area contributed by atoms with Gasteiger partial charge in [-0.15, -0.1) is 0 Å². The topological polar surface area (TPSA) is 84.0 Å². The van der Waals surface area contributed by atoms with Gasteiger partial charge in [-0.05, 0) is 81.0 Å². The predicted molar refractivity (Wildman–Crippen MR) is 141 cm³/mol. The first-order valence-corrected chi connectivity index (χ1v) is 13.1. The van der Waals surface area contributed by atoms with Gasteiger partial charge in [-0.3, -0.25) is 14.4 Å². The van der Waals surface area contributed by atoms with E-state index in [9.17, 15) is 19.2 Å². The number of ether oxygens (including phenoxy) is 1. The lowest BCUT2D eigenvalue weighted by atomic mass is 9.96. The lowest BCUT2D eigenvalue weighted by molar-refractivity contribution is -0.137. The van der Waals surface area contributed by atoms with Crippen molar-refractivity contribution in [2.45, 2.75) is 57.9 Å². The minimum atomic E-state index is -0.874. The average Bonchev–Trinajstić information content (AvgIpc) is 3.19. The number of carbonyl (C=O) groups excluding carboxylic acids is 4. The fourth-order valence-electron chi connectivity index (χ4n) is 4.82. The van der Waals surface area contributed by atoms with Crippen LogP contribution in [0.5, 0.6) is 0 Å². The molecule has 1 unspecified atom stereocenters. The maximum Gasteiger partial charge on any atom is 0.338 e. The highest BCUT2D eigenvalue weighted by Gasteiger charge is 2.44. The van der Waals surface area contributed by atoms with Gasteiger partial charge in [-0.1, -0.05) is 35.4 Å². The molecule has 7 nitrogen and oxygen atoms in total. The van der Waals surface area contributed by atoms with Crippen LogP contribution in [0.3, 0.4) is 0 Å². The van der Waals surface area contributed by atoms with Crippen molar-refractivity contribution in [3.8, 4) is 0 Å². The van der Waals surface area contributed by atoms with Crippen molar-refractivity contribution in [2.75, 3.05) is 18.1 Å². The molecule has 1 atom stereocenters. The lowest BCUT2D eigenvalue weighted by Crippen LogP contribution is -2.46. The number of halogens is 1. The molecular weight excluding hydrogens is 492 g/mol. The first-order chi connectivity index (χ1) is 17.9. The Morgan fingerprint density at radius 1 is 1.05 bits per heavy atom. The number of benzene rings is 2. The third kappa shape index (κ3) is 6.46. The molecule has 0 N–H and O–H groups in total. The van der Waals surface area contributed by atoms with Crippen LogP contribution in [0.25, 0.3) is 0 Å². The molecule has 1 aliphatic carbocycles. The molecule has 8 heteroatoms. The average molecular weight is 523 g/mol. The second-order valence-electron chi connectivity index (χ2n) is 9.30. The summed E-state index contributed by atoms with van der Waals surface area (Å²) in [6.45, 7) is 2.35. The van der Waals surface area contributed by atoms with E-state index in [0.29, 0.717) is 29.2 Å². The Bertz CT molecular complexity index is 1190. The summed E-state index contributed by atoms with van der Waals surface area (Å²) in [5.41, 5.74) is 2.78. The predicted octanol–water partition coefficient (Wildman–Crippen LogP) is 5.11. The summed E-state index contributed by atoms with van der Waals surface area (Å²) < 4.78 is 5.00. The zero-order chi connectivity index (χ0) is 26.4. The monoisotopic (exact) mass is 522 g/mol. The molecule has 1 aliphatic heterocycles. The molecule has 1 saturated heterocycles. The maximum atomic E-state index is 13.5. The van der Waals surface area contributed by atoms with Gasteiger partial charge in [-0.25, -0.2) is 9.69 Å². The first-order valence-electron chi connectivity index (χ1n) is 12.7. The van der Waals surface area contributed by atoms with E-state index in [1.165, 1.54) is 24.1 Å². The molecule has 0 spiro atoms. The Balaban J connectivity index is 1.54. The van der Waals surface area contributed by atoms with Gasteiger partial charge in [0.05, 0.1) is 30.7 Å². The van der Waals surface area contributed by atoms with Gasteiger partial charge in [-0.2, -0.15) is 0 Å². The smallest absolute Gasteiger partial charge is 0.338 e. The Kier molecular flexibility index (Phi) is 8.77. The summed E-state index contributed by atoms with van der Waals surface area (Å²) in [6, 6.07) is 12.3. The van der Waals surface area contributed by atoms with E-state index in [0.717, 1.165) is 29.7 Å². The van der Waals surface area contributed by atoms with Gasteiger partial charge in [0.1, 0.15) is 6.04 Å². The first kappa shape index (κ1) is 26.6.